The fraction of sp³-hybridized carbons (Fsp3) is 0.889. The van der Waals surface area contributed by atoms with Crippen LogP contribution in [0.5, 0.6) is 0 Å². The van der Waals surface area contributed by atoms with Crippen LogP contribution in [0.25, 0.3) is 0 Å². The van der Waals surface area contributed by atoms with Crippen LogP contribution in [0.2, 0.25) is 0 Å². The quantitative estimate of drug-likeness (QED) is 0.446. The summed E-state index contributed by atoms with van der Waals surface area (Å²) in [7, 11) is 0. The minimum Gasteiger partial charge on any atom is -0.393 e. The number of unbranched alkanes of at least 4 members (excludes halogenated alkanes) is 1. The third kappa shape index (κ3) is 3.91. The Kier molecular flexibility index (Phi) is 5.23. The van der Waals surface area contributed by atoms with Crippen molar-refractivity contribution in [2.75, 3.05) is 6.61 Å². The first-order valence-corrected chi connectivity index (χ1v) is 8.88. The summed E-state index contributed by atoms with van der Waals surface area (Å²) in [6.45, 7) is 6.79. The molecule has 3 saturated heterocycles. The average molecular weight is 310 g/mol. The van der Waals surface area contributed by atoms with Gasteiger partial charge in [0.15, 0.2) is 5.79 Å². The maximum atomic E-state index is 10.1. The molecule has 0 aliphatic carbocycles. The van der Waals surface area contributed by atoms with Gasteiger partial charge < -0.3 is 19.3 Å². The molecule has 0 saturated carbocycles. The zero-order valence-electron chi connectivity index (χ0n) is 13.7. The van der Waals surface area contributed by atoms with E-state index in [4.69, 9.17) is 14.2 Å². The van der Waals surface area contributed by atoms with Gasteiger partial charge in [0.05, 0.1) is 24.9 Å². The molecule has 0 aromatic rings. The average Bonchev–Trinajstić information content (AvgIpc) is 3.27. The van der Waals surface area contributed by atoms with Crippen LogP contribution in [0.15, 0.2) is 12.7 Å². The summed E-state index contributed by atoms with van der Waals surface area (Å²) in [5.41, 5.74) is 0. The smallest absolute Gasteiger partial charge is 0.169 e. The van der Waals surface area contributed by atoms with Crippen molar-refractivity contribution in [1.82, 2.24) is 0 Å². The summed E-state index contributed by atoms with van der Waals surface area (Å²) in [6, 6.07) is 0. The molecule has 3 aliphatic rings. The third-order valence-electron chi connectivity index (χ3n) is 5.33. The molecule has 1 spiro atoms. The van der Waals surface area contributed by atoms with Crippen molar-refractivity contribution in [3.63, 3.8) is 0 Å². The summed E-state index contributed by atoms with van der Waals surface area (Å²) >= 11 is 0. The largest absolute Gasteiger partial charge is 0.393 e. The van der Waals surface area contributed by atoms with Gasteiger partial charge in [-0.2, -0.15) is 0 Å². The zero-order valence-corrected chi connectivity index (χ0v) is 13.7. The van der Waals surface area contributed by atoms with Crippen LogP contribution in [0, 0.1) is 5.92 Å². The Morgan fingerprint density at radius 2 is 2.09 bits per heavy atom. The Labute approximate surface area is 133 Å². The van der Waals surface area contributed by atoms with Crippen molar-refractivity contribution >= 4 is 0 Å². The first-order chi connectivity index (χ1) is 10.6. The highest BCUT2D eigenvalue weighted by molar-refractivity contribution is 4.94. The molecule has 0 unspecified atom stereocenters. The van der Waals surface area contributed by atoms with Gasteiger partial charge in [-0.1, -0.05) is 13.0 Å². The SMILES string of the molecule is C=CCCC[C@H](O)C[C@@H]1CC[C@@]2(CC[C@@H](C)[C@H]([C@H]3CO3)O2)O1. The Morgan fingerprint density at radius 3 is 2.82 bits per heavy atom. The Bertz CT molecular complexity index is 381. The molecule has 0 aromatic carbocycles. The lowest BCUT2D eigenvalue weighted by molar-refractivity contribution is -0.285. The highest BCUT2D eigenvalue weighted by Crippen LogP contribution is 2.45. The maximum absolute atomic E-state index is 10.1. The Balaban J connectivity index is 1.47. The second kappa shape index (κ2) is 7.00. The number of aliphatic hydroxyl groups is 1. The standard InChI is InChI=1S/C18H30O4/c1-3-4-5-6-14(19)11-15-8-10-18(21-15)9-7-13(2)17(22-18)16-12-20-16/h3,13-17,19H,1,4-12H2,2H3/t13-,14+,15+,16-,17-,18+/m1/s1. The van der Waals surface area contributed by atoms with Crippen molar-refractivity contribution in [3.05, 3.63) is 12.7 Å². The van der Waals surface area contributed by atoms with E-state index in [0.717, 1.165) is 58.0 Å². The van der Waals surface area contributed by atoms with Gasteiger partial charge in [0, 0.05) is 12.8 Å². The lowest BCUT2D eigenvalue weighted by atomic mass is 9.89. The van der Waals surface area contributed by atoms with Crippen molar-refractivity contribution < 1.29 is 19.3 Å². The number of hydrogen-bond acceptors (Lipinski definition) is 4. The molecule has 0 bridgehead atoms. The molecule has 3 aliphatic heterocycles. The first kappa shape index (κ1) is 16.4. The molecule has 3 rings (SSSR count). The van der Waals surface area contributed by atoms with E-state index in [0.29, 0.717) is 5.92 Å². The molecule has 4 nitrogen and oxygen atoms in total. The second-order valence-electron chi connectivity index (χ2n) is 7.27. The summed E-state index contributed by atoms with van der Waals surface area (Å²) in [6.07, 6.45) is 9.80. The molecule has 0 aromatic heterocycles. The second-order valence-corrected chi connectivity index (χ2v) is 7.27. The minimum atomic E-state index is -0.408. The van der Waals surface area contributed by atoms with Crippen LogP contribution in [-0.2, 0) is 14.2 Å². The third-order valence-corrected chi connectivity index (χ3v) is 5.33. The predicted molar refractivity (Wildman–Crippen MR) is 84.5 cm³/mol. The van der Waals surface area contributed by atoms with Gasteiger partial charge in [-0.3, -0.25) is 0 Å². The van der Waals surface area contributed by atoms with Gasteiger partial charge in [-0.15, -0.1) is 6.58 Å². The van der Waals surface area contributed by atoms with E-state index in [-0.39, 0.29) is 24.4 Å². The molecule has 0 amide bonds. The number of aliphatic hydroxyl groups excluding tert-OH is 1. The van der Waals surface area contributed by atoms with E-state index in [9.17, 15) is 5.11 Å². The lowest BCUT2D eigenvalue weighted by Gasteiger charge is -2.41. The molecule has 6 atom stereocenters. The molecule has 3 fully saturated rings. The summed E-state index contributed by atoms with van der Waals surface area (Å²) in [5, 5.41) is 10.1. The van der Waals surface area contributed by atoms with E-state index in [2.05, 4.69) is 13.5 Å². The van der Waals surface area contributed by atoms with Gasteiger partial charge in [0.2, 0.25) is 0 Å². The molecular weight excluding hydrogens is 280 g/mol. The molecule has 0 radical (unpaired) electrons. The van der Waals surface area contributed by atoms with E-state index < -0.39 is 5.79 Å². The van der Waals surface area contributed by atoms with Gasteiger partial charge in [-0.05, 0) is 44.4 Å². The van der Waals surface area contributed by atoms with Crippen LogP contribution < -0.4 is 0 Å². The fourth-order valence-electron chi connectivity index (χ4n) is 3.88. The van der Waals surface area contributed by atoms with E-state index in [1.54, 1.807) is 0 Å². The van der Waals surface area contributed by atoms with Crippen LogP contribution in [0.3, 0.4) is 0 Å². The van der Waals surface area contributed by atoms with Crippen LogP contribution in [0.4, 0.5) is 0 Å². The number of epoxide rings is 1. The van der Waals surface area contributed by atoms with Gasteiger partial charge in [0.25, 0.3) is 0 Å². The highest BCUT2D eigenvalue weighted by Gasteiger charge is 2.51. The van der Waals surface area contributed by atoms with Crippen molar-refractivity contribution in [2.24, 2.45) is 5.92 Å². The Hall–Kier alpha value is -0.420. The lowest BCUT2D eigenvalue weighted by Crippen LogP contribution is -2.46. The molecule has 3 heterocycles. The van der Waals surface area contributed by atoms with Crippen molar-refractivity contribution in [1.29, 1.82) is 0 Å². The summed E-state index contributed by atoms with van der Waals surface area (Å²) in [4.78, 5) is 0. The van der Waals surface area contributed by atoms with Crippen LogP contribution >= 0.6 is 0 Å². The van der Waals surface area contributed by atoms with Crippen LogP contribution in [0.1, 0.15) is 58.3 Å². The molecular formula is C18H30O4. The van der Waals surface area contributed by atoms with E-state index in [1.165, 1.54) is 0 Å². The summed E-state index contributed by atoms with van der Waals surface area (Å²) in [5.74, 6) is 0.138. The number of hydrogen-bond donors (Lipinski definition) is 1. The minimum absolute atomic E-state index is 0.132. The number of ether oxygens (including phenoxy) is 3. The van der Waals surface area contributed by atoms with Crippen molar-refractivity contribution in [2.45, 2.75) is 88.5 Å². The molecule has 1 N–H and O–H groups in total. The van der Waals surface area contributed by atoms with Gasteiger partial charge >= 0.3 is 0 Å². The molecule has 22 heavy (non-hydrogen) atoms. The number of allylic oxidation sites excluding steroid dienone is 1. The highest BCUT2D eigenvalue weighted by atomic mass is 16.7. The molecule has 126 valence electrons. The van der Waals surface area contributed by atoms with Crippen LogP contribution in [-0.4, -0.2) is 41.9 Å². The first-order valence-electron chi connectivity index (χ1n) is 8.88. The fourth-order valence-corrected chi connectivity index (χ4v) is 3.88. The monoisotopic (exact) mass is 310 g/mol. The normalized spacial score (nSPS) is 42.5. The topological polar surface area (TPSA) is 51.2 Å². The van der Waals surface area contributed by atoms with Gasteiger partial charge in [-0.25, -0.2) is 0 Å². The predicted octanol–water partition coefficient (Wildman–Crippen LogP) is 3.18. The zero-order chi connectivity index (χ0) is 15.6. The van der Waals surface area contributed by atoms with Crippen molar-refractivity contribution in [3.8, 4) is 0 Å². The van der Waals surface area contributed by atoms with E-state index in [1.807, 2.05) is 6.08 Å². The molecule has 4 heteroatoms. The van der Waals surface area contributed by atoms with Gasteiger partial charge in [0.1, 0.15) is 6.10 Å². The Morgan fingerprint density at radius 1 is 1.32 bits per heavy atom. The number of rotatable bonds is 7. The van der Waals surface area contributed by atoms with E-state index >= 15 is 0 Å². The summed E-state index contributed by atoms with van der Waals surface area (Å²) < 4.78 is 18.0. The maximum Gasteiger partial charge on any atom is 0.169 e.